The molecule has 1 saturated carbocycles. The van der Waals surface area contributed by atoms with Gasteiger partial charge in [0.15, 0.2) is 0 Å². The summed E-state index contributed by atoms with van der Waals surface area (Å²) in [6.07, 6.45) is 8.22. The van der Waals surface area contributed by atoms with E-state index in [-0.39, 0.29) is 18.6 Å². The summed E-state index contributed by atoms with van der Waals surface area (Å²) in [5.74, 6) is -1.39. The van der Waals surface area contributed by atoms with E-state index in [1.165, 1.54) is 32.1 Å². The number of carboxylic acid groups (broad SMARTS) is 1. The molecule has 1 aliphatic rings. The Kier molecular flexibility index (Phi) is 7.41. The van der Waals surface area contributed by atoms with Crippen LogP contribution in [-0.2, 0) is 4.79 Å². The standard InChI is InChI=1S/C15H28N2O3/c1-3-17(11-12(2)14(18)19)15(20)16-13-9-7-5-4-6-8-10-13/h12-13H,3-11H2,1-2H3,(H,16,20)(H,18,19). The second-order valence-electron chi connectivity index (χ2n) is 5.77. The molecule has 5 nitrogen and oxygen atoms in total. The molecule has 1 atom stereocenters. The van der Waals surface area contributed by atoms with Gasteiger partial charge < -0.3 is 15.3 Å². The first-order valence-electron chi connectivity index (χ1n) is 7.82. The third-order valence-electron chi connectivity index (χ3n) is 4.02. The number of hydrogen-bond acceptors (Lipinski definition) is 2. The molecule has 116 valence electrons. The van der Waals surface area contributed by atoms with Crippen LogP contribution in [0.5, 0.6) is 0 Å². The van der Waals surface area contributed by atoms with E-state index in [0.717, 1.165) is 12.8 Å². The van der Waals surface area contributed by atoms with Gasteiger partial charge in [-0.05, 0) is 19.8 Å². The molecule has 0 spiro atoms. The maximum absolute atomic E-state index is 12.2. The molecule has 0 bridgehead atoms. The van der Waals surface area contributed by atoms with Gasteiger partial charge in [-0.3, -0.25) is 4.79 Å². The fourth-order valence-electron chi connectivity index (χ4n) is 2.63. The summed E-state index contributed by atoms with van der Waals surface area (Å²) in [5.41, 5.74) is 0. The molecule has 1 rings (SSSR count). The SMILES string of the molecule is CCN(CC(C)C(=O)O)C(=O)NC1CCCCCCC1. The lowest BCUT2D eigenvalue weighted by atomic mass is 9.97. The van der Waals surface area contributed by atoms with Crippen molar-refractivity contribution in [3.63, 3.8) is 0 Å². The molecule has 20 heavy (non-hydrogen) atoms. The Hall–Kier alpha value is -1.26. The molecule has 1 aliphatic carbocycles. The zero-order valence-electron chi connectivity index (χ0n) is 12.7. The third kappa shape index (κ3) is 5.80. The number of carboxylic acids is 1. The Bertz CT molecular complexity index is 312. The second kappa shape index (κ2) is 8.82. The van der Waals surface area contributed by atoms with Gasteiger partial charge in [0, 0.05) is 19.1 Å². The van der Waals surface area contributed by atoms with Crippen molar-refractivity contribution in [2.45, 2.75) is 64.8 Å². The smallest absolute Gasteiger partial charge is 0.317 e. The van der Waals surface area contributed by atoms with E-state index in [1.807, 2.05) is 6.92 Å². The third-order valence-corrected chi connectivity index (χ3v) is 4.02. The van der Waals surface area contributed by atoms with Crippen LogP contribution in [0.4, 0.5) is 4.79 Å². The van der Waals surface area contributed by atoms with Crippen molar-refractivity contribution in [2.75, 3.05) is 13.1 Å². The summed E-state index contributed by atoms with van der Waals surface area (Å²) in [6, 6.07) is 0.128. The van der Waals surface area contributed by atoms with Crippen molar-refractivity contribution in [1.82, 2.24) is 10.2 Å². The summed E-state index contributed by atoms with van der Waals surface area (Å²) in [7, 11) is 0. The predicted octanol–water partition coefficient (Wildman–Crippen LogP) is 2.85. The number of carbonyl (C=O) groups excluding carboxylic acids is 1. The fraction of sp³-hybridized carbons (Fsp3) is 0.867. The van der Waals surface area contributed by atoms with Crippen molar-refractivity contribution in [3.8, 4) is 0 Å². The molecule has 0 saturated heterocycles. The summed E-state index contributed by atoms with van der Waals surface area (Å²) >= 11 is 0. The van der Waals surface area contributed by atoms with Crippen LogP contribution in [0.15, 0.2) is 0 Å². The van der Waals surface area contributed by atoms with Crippen molar-refractivity contribution in [1.29, 1.82) is 0 Å². The van der Waals surface area contributed by atoms with E-state index in [2.05, 4.69) is 5.32 Å². The summed E-state index contributed by atoms with van der Waals surface area (Å²) < 4.78 is 0. The van der Waals surface area contributed by atoms with Crippen molar-refractivity contribution in [3.05, 3.63) is 0 Å². The second-order valence-corrected chi connectivity index (χ2v) is 5.77. The first-order valence-corrected chi connectivity index (χ1v) is 7.82. The normalized spacial score (nSPS) is 18.7. The maximum Gasteiger partial charge on any atom is 0.317 e. The first-order chi connectivity index (χ1) is 9.54. The highest BCUT2D eigenvalue weighted by Crippen LogP contribution is 2.17. The lowest BCUT2D eigenvalue weighted by molar-refractivity contribution is -0.141. The Morgan fingerprint density at radius 3 is 2.25 bits per heavy atom. The van der Waals surface area contributed by atoms with Gasteiger partial charge in [0.05, 0.1) is 5.92 Å². The Morgan fingerprint density at radius 2 is 1.75 bits per heavy atom. The minimum Gasteiger partial charge on any atom is -0.481 e. The van der Waals surface area contributed by atoms with Crippen LogP contribution in [0.25, 0.3) is 0 Å². The highest BCUT2D eigenvalue weighted by Gasteiger charge is 2.21. The number of urea groups is 1. The highest BCUT2D eigenvalue weighted by atomic mass is 16.4. The van der Waals surface area contributed by atoms with Gasteiger partial charge in [-0.25, -0.2) is 4.79 Å². The van der Waals surface area contributed by atoms with Crippen molar-refractivity contribution in [2.24, 2.45) is 5.92 Å². The van der Waals surface area contributed by atoms with Gasteiger partial charge in [-0.2, -0.15) is 0 Å². The van der Waals surface area contributed by atoms with Crippen LogP contribution in [0.2, 0.25) is 0 Å². The number of nitrogens with zero attached hydrogens (tertiary/aromatic N) is 1. The maximum atomic E-state index is 12.2. The van der Waals surface area contributed by atoms with Crippen LogP contribution in [-0.4, -0.2) is 41.1 Å². The molecule has 5 heteroatoms. The number of aliphatic carboxylic acids is 1. The minimum absolute atomic E-state index is 0.119. The van der Waals surface area contributed by atoms with E-state index in [0.29, 0.717) is 6.54 Å². The summed E-state index contributed by atoms with van der Waals surface area (Å²) in [6.45, 7) is 4.32. The number of carbonyl (C=O) groups is 2. The van der Waals surface area contributed by atoms with E-state index >= 15 is 0 Å². The van der Waals surface area contributed by atoms with Crippen LogP contribution in [0, 0.1) is 5.92 Å². The van der Waals surface area contributed by atoms with Gasteiger partial charge in [-0.1, -0.05) is 39.0 Å². The van der Waals surface area contributed by atoms with Crippen LogP contribution in [0.1, 0.15) is 58.8 Å². The van der Waals surface area contributed by atoms with Gasteiger partial charge in [0.2, 0.25) is 0 Å². The quantitative estimate of drug-likeness (QED) is 0.815. The molecule has 0 aliphatic heterocycles. The molecular formula is C15H28N2O3. The zero-order chi connectivity index (χ0) is 15.0. The molecule has 0 radical (unpaired) electrons. The Morgan fingerprint density at radius 1 is 1.20 bits per heavy atom. The molecule has 1 fully saturated rings. The molecule has 0 heterocycles. The molecule has 0 aromatic rings. The van der Waals surface area contributed by atoms with Crippen LogP contribution >= 0.6 is 0 Å². The van der Waals surface area contributed by atoms with E-state index < -0.39 is 11.9 Å². The monoisotopic (exact) mass is 284 g/mol. The average Bonchev–Trinajstić information content (AvgIpc) is 2.38. The summed E-state index contributed by atoms with van der Waals surface area (Å²) in [5, 5.41) is 12.0. The minimum atomic E-state index is -0.859. The average molecular weight is 284 g/mol. The number of amides is 2. The van der Waals surface area contributed by atoms with E-state index in [1.54, 1.807) is 11.8 Å². The number of rotatable bonds is 5. The van der Waals surface area contributed by atoms with Gasteiger partial charge in [-0.15, -0.1) is 0 Å². The molecule has 2 amide bonds. The molecule has 0 aromatic heterocycles. The van der Waals surface area contributed by atoms with Crippen molar-refractivity contribution >= 4 is 12.0 Å². The highest BCUT2D eigenvalue weighted by molar-refractivity contribution is 5.76. The lowest BCUT2D eigenvalue weighted by Crippen LogP contribution is -2.47. The number of hydrogen-bond donors (Lipinski definition) is 2. The Labute approximate surface area is 121 Å². The molecule has 0 aromatic carbocycles. The zero-order valence-corrected chi connectivity index (χ0v) is 12.7. The topological polar surface area (TPSA) is 69.6 Å². The van der Waals surface area contributed by atoms with E-state index in [9.17, 15) is 9.59 Å². The van der Waals surface area contributed by atoms with Gasteiger partial charge in [0.1, 0.15) is 0 Å². The fourth-order valence-corrected chi connectivity index (χ4v) is 2.63. The first kappa shape index (κ1) is 16.8. The molecular weight excluding hydrogens is 256 g/mol. The molecule has 1 unspecified atom stereocenters. The predicted molar refractivity (Wildman–Crippen MR) is 78.7 cm³/mol. The van der Waals surface area contributed by atoms with E-state index in [4.69, 9.17) is 5.11 Å². The summed E-state index contributed by atoms with van der Waals surface area (Å²) in [4.78, 5) is 24.7. The van der Waals surface area contributed by atoms with Gasteiger partial charge in [0.25, 0.3) is 0 Å². The largest absolute Gasteiger partial charge is 0.481 e. The van der Waals surface area contributed by atoms with Crippen LogP contribution < -0.4 is 5.32 Å². The van der Waals surface area contributed by atoms with Crippen molar-refractivity contribution < 1.29 is 14.7 Å². The van der Waals surface area contributed by atoms with Gasteiger partial charge >= 0.3 is 12.0 Å². The Balaban J connectivity index is 2.46. The number of nitrogens with one attached hydrogen (secondary N) is 1. The molecule has 2 N–H and O–H groups in total. The lowest BCUT2D eigenvalue weighted by Gasteiger charge is -2.27. The van der Waals surface area contributed by atoms with Crippen LogP contribution in [0.3, 0.4) is 0 Å².